The van der Waals surface area contributed by atoms with Crippen LogP contribution in [0.3, 0.4) is 0 Å². The Balaban J connectivity index is 1.68. The number of hydrogen-bond acceptors (Lipinski definition) is 3. The smallest absolute Gasteiger partial charge is 0.251 e. The molecule has 0 spiro atoms. The molecule has 0 heterocycles. The molecule has 1 amide bonds. The molecule has 0 bridgehead atoms. The first kappa shape index (κ1) is 14.9. The number of benzene rings is 1. The van der Waals surface area contributed by atoms with Gasteiger partial charge in [-0.1, -0.05) is 13.3 Å². The molecule has 1 fully saturated rings. The number of ether oxygens (including phenoxy) is 1. The number of unbranched alkanes of at least 4 members (excludes halogenated alkanes) is 1. The molecule has 20 heavy (non-hydrogen) atoms. The maximum atomic E-state index is 11.9. The minimum Gasteiger partial charge on any atom is -0.494 e. The molecular formula is C16H24N2O2. The summed E-state index contributed by atoms with van der Waals surface area (Å²) in [6, 6.07) is 8.02. The van der Waals surface area contributed by atoms with Crippen LogP contribution in [0.2, 0.25) is 0 Å². The van der Waals surface area contributed by atoms with E-state index in [0.29, 0.717) is 18.2 Å². The third kappa shape index (κ3) is 5.21. The van der Waals surface area contributed by atoms with E-state index in [-0.39, 0.29) is 5.91 Å². The Morgan fingerprint density at radius 1 is 1.25 bits per heavy atom. The van der Waals surface area contributed by atoms with E-state index in [1.807, 2.05) is 24.3 Å². The number of carbonyl (C=O) groups is 1. The second kappa shape index (κ2) is 7.90. The van der Waals surface area contributed by atoms with Crippen LogP contribution in [0.5, 0.6) is 5.75 Å². The van der Waals surface area contributed by atoms with Gasteiger partial charge >= 0.3 is 0 Å². The van der Waals surface area contributed by atoms with Crippen molar-refractivity contribution in [1.82, 2.24) is 10.6 Å². The summed E-state index contributed by atoms with van der Waals surface area (Å²) in [5.74, 6) is 0.799. The summed E-state index contributed by atoms with van der Waals surface area (Å²) in [5.41, 5.74) is 0.680. The highest BCUT2D eigenvalue weighted by Crippen LogP contribution is 2.17. The van der Waals surface area contributed by atoms with Crippen molar-refractivity contribution in [3.8, 4) is 5.75 Å². The first-order chi connectivity index (χ1) is 9.79. The zero-order chi connectivity index (χ0) is 14.2. The highest BCUT2D eigenvalue weighted by Gasteiger charge is 2.19. The van der Waals surface area contributed by atoms with Crippen molar-refractivity contribution in [2.45, 2.75) is 38.6 Å². The monoisotopic (exact) mass is 276 g/mol. The first-order valence-corrected chi connectivity index (χ1v) is 7.54. The van der Waals surface area contributed by atoms with E-state index in [2.05, 4.69) is 17.6 Å². The van der Waals surface area contributed by atoms with Gasteiger partial charge in [-0.05, 0) is 43.5 Å². The summed E-state index contributed by atoms with van der Waals surface area (Å²) in [5, 5.41) is 6.28. The van der Waals surface area contributed by atoms with Gasteiger partial charge in [0.1, 0.15) is 5.75 Å². The lowest BCUT2D eigenvalue weighted by atomic mass is 10.2. The minimum absolute atomic E-state index is 0.0253. The van der Waals surface area contributed by atoms with E-state index in [1.54, 1.807) is 0 Å². The fourth-order valence-electron chi connectivity index (χ4n) is 1.88. The summed E-state index contributed by atoms with van der Waals surface area (Å²) in [6.45, 7) is 4.38. The summed E-state index contributed by atoms with van der Waals surface area (Å²) in [4.78, 5) is 11.9. The van der Waals surface area contributed by atoms with Gasteiger partial charge in [-0.15, -0.1) is 0 Å². The first-order valence-electron chi connectivity index (χ1n) is 7.54. The molecule has 2 N–H and O–H groups in total. The van der Waals surface area contributed by atoms with E-state index in [1.165, 1.54) is 12.8 Å². The lowest BCUT2D eigenvalue weighted by molar-refractivity contribution is 0.0954. The maximum absolute atomic E-state index is 11.9. The van der Waals surface area contributed by atoms with Crippen LogP contribution in [0.25, 0.3) is 0 Å². The van der Waals surface area contributed by atoms with Crippen molar-refractivity contribution >= 4 is 5.91 Å². The highest BCUT2D eigenvalue weighted by molar-refractivity contribution is 5.94. The average Bonchev–Trinajstić information content (AvgIpc) is 3.28. The standard InChI is InChI=1S/C16H24N2O2/c1-2-3-12-20-15-8-4-13(5-9-15)16(19)18-11-10-17-14-6-7-14/h4-5,8-9,14,17H,2-3,6-7,10-12H2,1H3,(H,18,19). The van der Waals surface area contributed by atoms with Crippen LogP contribution in [-0.2, 0) is 0 Å². The van der Waals surface area contributed by atoms with Gasteiger partial charge in [0.25, 0.3) is 5.91 Å². The van der Waals surface area contributed by atoms with Crippen molar-refractivity contribution in [3.63, 3.8) is 0 Å². The third-order valence-electron chi connectivity index (χ3n) is 3.30. The van der Waals surface area contributed by atoms with Crippen LogP contribution in [0.15, 0.2) is 24.3 Å². The lowest BCUT2D eigenvalue weighted by Crippen LogP contribution is -2.32. The molecular weight excluding hydrogens is 252 g/mol. The van der Waals surface area contributed by atoms with Gasteiger partial charge in [-0.25, -0.2) is 0 Å². The second-order valence-electron chi connectivity index (χ2n) is 5.21. The third-order valence-corrected chi connectivity index (χ3v) is 3.30. The number of nitrogens with one attached hydrogen (secondary N) is 2. The quantitative estimate of drug-likeness (QED) is 0.681. The zero-order valence-corrected chi connectivity index (χ0v) is 12.2. The Morgan fingerprint density at radius 2 is 2.00 bits per heavy atom. The van der Waals surface area contributed by atoms with Crippen LogP contribution in [0, 0.1) is 0 Å². The second-order valence-corrected chi connectivity index (χ2v) is 5.21. The van der Waals surface area contributed by atoms with Gasteiger partial charge < -0.3 is 15.4 Å². The Hall–Kier alpha value is -1.55. The van der Waals surface area contributed by atoms with E-state index in [9.17, 15) is 4.79 Å². The van der Waals surface area contributed by atoms with Crippen molar-refractivity contribution in [3.05, 3.63) is 29.8 Å². The Bertz CT molecular complexity index is 413. The molecule has 0 saturated heterocycles. The maximum Gasteiger partial charge on any atom is 0.251 e. The molecule has 1 aromatic carbocycles. The summed E-state index contributed by atoms with van der Waals surface area (Å²) >= 11 is 0. The number of carbonyl (C=O) groups excluding carboxylic acids is 1. The van der Waals surface area contributed by atoms with Crippen LogP contribution in [0.4, 0.5) is 0 Å². The molecule has 4 nitrogen and oxygen atoms in total. The largest absolute Gasteiger partial charge is 0.494 e. The molecule has 0 atom stereocenters. The van der Waals surface area contributed by atoms with Gasteiger partial charge in [0.05, 0.1) is 6.61 Å². The molecule has 1 aliphatic rings. The molecule has 1 saturated carbocycles. The van der Waals surface area contributed by atoms with Crippen LogP contribution >= 0.6 is 0 Å². The molecule has 1 aliphatic carbocycles. The highest BCUT2D eigenvalue weighted by atomic mass is 16.5. The van der Waals surface area contributed by atoms with E-state index in [4.69, 9.17) is 4.74 Å². The van der Waals surface area contributed by atoms with Crippen LogP contribution < -0.4 is 15.4 Å². The molecule has 0 aliphatic heterocycles. The Labute approximate surface area is 120 Å². The minimum atomic E-state index is -0.0253. The van der Waals surface area contributed by atoms with Crippen LogP contribution in [-0.4, -0.2) is 31.6 Å². The summed E-state index contributed by atoms with van der Waals surface area (Å²) in [6.07, 6.45) is 4.71. The van der Waals surface area contributed by atoms with Crippen molar-refractivity contribution in [2.24, 2.45) is 0 Å². The molecule has 4 heteroatoms. The normalized spacial score (nSPS) is 14.1. The average molecular weight is 276 g/mol. The fourth-order valence-corrected chi connectivity index (χ4v) is 1.88. The number of hydrogen-bond donors (Lipinski definition) is 2. The predicted octanol–water partition coefficient (Wildman–Crippen LogP) is 2.35. The molecule has 1 aromatic rings. The van der Waals surface area contributed by atoms with Gasteiger partial charge in [-0.2, -0.15) is 0 Å². The SMILES string of the molecule is CCCCOc1ccc(C(=O)NCCNC2CC2)cc1. The summed E-state index contributed by atoms with van der Waals surface area (Å²) < 4.78 is 5.57. The predicted molar refractivity (Wildman–Crippen MR) is 80.2 cm³/mol. The Morgan fingerprint density at radius 3 is 2.65 bits per heavy atom. The van der Waals surface area contributed by atoms with Gasteiger partial charge in [0.15, 0.2) is 0 Å². The Kier molecular flexibility index (Phi) is 5.87. The van der Waals surface area contributed by atoms with Crippen molar-refractivity contribution in [1.29, 1.82) is 0 Å². The van der Waals surface area contributed by atoms with E-state index < -0.39 is 0 Å². The number of amides is 1. The zero-order valence-electron chi connectivity index (χ0n) is 12.2. The van der Waals surface area contributed by atoms with E-state index >= 15 is 0 Å². The lowest BCUT2D eigenvalue weighted by Gasteiger charge is -2.08. The molecule has 0 radical (unpaired) electrons. The van der Waals surface area contributed by atoms with Crippen LogP contribution in [0.1, 0.15) is 43.0 Å². The molecule has 110 valence electrons. The van der Waals surface area contributed by atoms with Crippen molar-refractivity contribution in [2.75, 3.05) is 19.7 Å². The topological polar surface area (TPSA) is 50.4 Å². The molecule has 0 aromatic heterocycles. The van der Waals surface area contributed by atoms with Crippen molar-refractivity contribution < 1.29 is 9.53 Å². The molecule has 2 rings (SSSR count). The molecule has 0 unspecified atom stereocenters. The van der Waals surface area contributed by atoms with Gasteiger partial charge in [0, 0.05) is 24.7 Å². The van der Waals surface area contributed by atoms with E-state index in [0.717, 1.165) is 31.7 Å². The van der Waals surface area contributed by atoms with Gasteiger partial charge in [0.2, 0.25) is 0 Å². The summed E-state index contributed by atoms with van der Waals surface area (Å²) in [7, 11) is 0. The fraction of sp³-hybridized carbons (Fsp3) is 0.562. The van der Waals surface area contributed by atoms with Gasteiger partial charge in [-0.3, -0.25) is 4.79 Å². The number of rotatable bonds is 9.